The molecule has 0 amide bonds. The lowest BCUT2D eigenvalue weighted by Crippen LogP contribution is -2.23. The van der Waals surface area contributed by atoms with E-state index in [4.69, 9.17) is 4.42 Å². The van der Waals surface area contributed by atoms with Crippen LogP contribution in [0.25, 0.3) is 0 Å². The van der Waals surface area contributed by atoms with Crippen molar-refractivity contribution in [1.82, 2.24) is 5.32 Å². The first-order valence-electron chi connectivity index (χ1n) is 6.65. The van der Waals surface area contributed by atoms with Crippen LogP contribution in [0.3, 0.4) is 0 Å². The van der Waals surface area contributed by atoms with Gasteiger partial charge in [-0.3, -0.25) is 0 Å². The lowest BCUT2D eigenvalue weighted by atomic mass is 9.99. The minimum Gasteiger partial charge on any atom is -0.466 e. The summed E-state index contributed by atoms with van der Waals surface area (Å²) >= 11 is 2.34. The molecule has 1 aromatic carbocycles. The molecule has 1 heterocycles. The summed E-state index contributed by atoms with van der Waals surface area (Å²) in [6, 6.07) is 11.2. The average molecular weight is 369 g/mol. The minimum absolute atomic E-state index is 0.322. The van der Waals surface area contributed by atoms with Gasteiger partial charge in [0.05, 0.1) is 0 Å². The van der Waals surface area contributed by atoms with Crippen molar-refractivity contribution in [1.29, 1.82) is 0 Å². The molecule has 1 N–H and O–H groups in total. The molecule has 1 atom stereocenters. The summed E-state index contributed by atoms with van der Waals surface area (Å²) in [6.07, 6.45) is 0.991. The Morgan fingerprint density at radius 3 is 2.42 bits per heavy atom. The van der Waals surface area contributed by atoms with Crippen LogP contribution in [0.5, 0.6) is 0 Å². The van der Waals surface area contributed by atoms with Crippen molar-refractivity contribution in [3.8, 4) is 0 Å². The summed E-state index contributed by atoms with van der Waals surface area (Å²) in [6.45, 7) is 7.15. The molecule has 0 bridgehead atoms. The van der Waals surface area contributed by atoms with E-state index in [1.807, 2.05) is 13.8 Å². The molecule has 102 valence electrons. The third-order valence-electron chi connectivity index (χ3n) is 3.26. The molecule has 0 aliphatic heterocycles. The molecule has 0 fully saturated rings. The number of hydrogen-bond acceptors (Lipinski definition) is 2. The van der Waals surface area contributed by atoms with Crippen molar-refractivity contribution in [2.24, 2.45) is 0 Å². The molecule has 3 heteroatoms. The van der Waals surface area contributed by atoms with Gasteiger partial charge in [-0.25, -0.2) is 0 Å². The highest BCUT2D eigenvalue weighted by Gasteiger charge is 2.16. The second kappa shape index (κ2) is 6.57. The number of hydrogen-bond donors (Lipinski definition) is 1. The maximum atomic E-state index is 5.66. The second-order valence-corrected chi connectivity index (χ2v) is 6.06. The Hall–Kier alpha value is -0.810. The van der Waals surface area contributed by atoms with Gasteiger partial charge in [0.15, 0.2) is 0 Å². The fraction of sp³-hybridized carbons (Fsp3) is 0.375. The largest absolute Gasteiger partial charge is 0.466 e. The van der Waals surface area contributed by atoms with Gasteiger partial charge >= 0.3 is 0 Å². The fourth-order valence-corrected chi connectivity index (χ4v) is 2.75. The first-order chi connectivity index (χ1) is 9.10. The topological polar surface area (TPSA) is 25.2 Å². The summed E-state index contributed by atoms with van der Waals surface area (Å²) in [5.74, 6) is 2.01. The first-order valence-corrected chi connectivity index (χ1v) is 7.72. The first kappa shape index (κ1) is 14.6. The van der Waals surface area contributed by atoms with Gasteiger partial charge in [-0.1, -0.05) is 19.1 Å². The van der Waals surface area contributed by atoms with Crippen LogP contribution in [-0.4, -0.2) is 6.54 Å². The van der Waals surface area contributed by atoms with Crippen LogP contribution < -0.4 is 5.32 Å². The van der Waals surface area contributed by atoms with Gasteiger partial charge < -0.3 is 9.73 Å². The molecule has 19 heavy (non-hydrogen) atoms. The van der Waals surface area contributed by atoms with E-state index in [0.717, 1.165) is 24.5 Å². The molecule has 2 rings (SSSR count). The summed E-state index contributed by atoms with van der Waals surface area (Å²) in [7, 11) is 0. The van der Waals surface area contributed by atoms with Crippen molar-refractivity contribution in [3.63, 3.8) is 0 Å². The Morgan fingerprint density at radius 2 is 1.89 bits per heavy atom. The van der Waals surface area contributed by atoms with Crippen LogP contribution in [0, 0.1) is 17.4 Å². The maximum Gasteiger partial charge on any atom is 0.105 e. The Kier molecular flexibility index (Phi) is 5.05. The van der Waals surface area contributed by atoms with Crippen molar-refractivity contribution >= 4 is 22.6 Å². The van der Waals surface area contributed by atoms with Crippen LogP contribution in [0.1, 0.15) is 35.6 Å². The van der Waals surface area contributed by atoms with E-state index >= 15 is 0 Å². The highest BCUT2D eigenvalue weighted by atomic mass is 127. The van der Waals surface area contributed by atoms with Crippen molar-refractivity contribution in [2.45, 2.75) is 33.2 Å². The number of likely N-dealkylation sites (N-methyl/N-ethyl adjacent to an activating group) is 1. The third kappa shape index (κ3) is 3.83. The van der Waals surface area contributed by atoms with E-state index in [2.05, 4.69) is 65.2 Å². The average Bonchev–Trinajstić information content (AvgIpc) is 2.71. The summed E-state index contributed by atoms with van der Waals surface area (Å²) in [5, 5.41) is 3.55. The molecule has 1 unspecified atom stereocenters. The summed E-state index contributed by atoms with van der Waals surface area (Å²) in [5.41, 5.74) is 2.63. The Balaban J connectivity index is 2.20. The Morgan fingerprint density at radius 1 is 1.21 bits per heavy atom. The van der Waals surface area contributed by atoms with E-state index in [1.165, 1.54) is 14.7 Å². The number of aryl methyl sites for hydroxylation is 2. The summed E-state index contributed by atoms with van der Waals surface area (Å²) < 4.78 is 6.93. The number of nitrogens with one attached hydrogen (secondary N) is 1. The Bertz CT molecular complexity index is 530. The predicted octanol–water partition coefficient (Wildman–Crippen LogP) is 4.39. The molecular weight excluding hydrogens is 349 g/mol. The number of halogens is 1. The molecule has 2 aromatic rings. The quantitative estimate of drug-likeness (QED) is 0.791. The smallest absolute Gasteiger partial charge is 0.105 e. The predicted molar refractivity (Wildman–Crippen MR) is 87.5 cm³/mol. The van der Waals surface area contributed by atoms with Crippen LogP contribution in [0.15, 0.2) is 34.7 Å². The standard InChI is InChI=1S/C16H20INO/c1-4-18-16(15-9-11(2)19-12(15)3)10-13-5-7-14(17)8-6-13/h5-9,16,18H,4,10H2,1-3H3. The zero-order chi connectivity index (χ0) is 13.8. The van der Waals surface area contributed by atoms with Crippen LogP contribution in [0.4, 0.5) is 0 Å². The van der Waals surface area contributed by atoms with Gasteiger partial charge in [0.25, 0.3) is 0 Å². The molecule has 0 radical (unpaired) electrons. The summed E-state index contributed by atoms with van der Waals surface area (Å²) in [4.78, 5) is 0. The SMILES string of the molecule is CCNC(Cc1ccc(I)cc1)c1cc(C)oc1C. The Labute approximate surface area is 128 Å². The van der Waals surface area contributed by atoms with Crippen LogP contribution in [0.2, 0.25) is 0 Å². The highest BCUT2D eigenvalue weighted by Crippen LogP contribution is 2.25. The van der Waals surface area contributed by atoms with E-state index in [0.29, 0.717) is 6.04 Å². The molecule has 0 spiro atoms. The van der Waals surface area contributed by atoms with Crippen LogP contribution in [-0.2, 0) is 6.42 Å². The zero-order valence-electron chi connectivity index (χ0n) is 11.7. The van der Waals surface area contributed by atoms with E-state index in [1.54, 1.807) is 0 Å². The van der Waals surface area contributed by atoms with Crippen LogP contribution >= 0.6 is 22.6 Å². The van der Waals surface area contributed by atoms with Crippen molar-refractivity contribution < 1.29 is 4.42 Å². The molecular formula is C16H20INO. The van der Waals surface area contributed by atoms with Crippen molar-refractivity contribution in [2.75, 3.05) is 6.54 Å². The lowest BCUT2D eigenvalue weighted by Gasteiger charge is -2.17. The van der Waals surface area contributed by atoms with Gasteiger partial charge in [0, 0.05) is 15.2 Å². The molecule has 0 aliphatic carbocycles. The fourth-order valence-electron chi connectivity index (χ4n) is 2.39. The zero-order valence-corrected chi connectivity index (χ0v) is 13.8. The van der Waals surface area contributed by atoms with E-state index in [-0.39, 0.29) is 0 Å². The molecule has 0 saturated carbocycles. The minimum atomic E-state index is 0.322. The van der Waals surface area contributed by atoms with Gasteiger partial charge in [-0.05, 0) is 73.2 Å². The monoisotopic (exact) mass is 369 g/mol. The number of benzene rings is 1. The third-order valence-corrected chi connectivity index (χ3v) is 3.98. The molecule has 0 aliphatic rings. The number of furan rings is 1. The lowest BCUT2D eigenvalue weighted by molar-refractivity contribution is 0.484. The van der Waals surface area contributed by atoms with Gasteiger partial charge in [-0.15, -0.1) is 0 Å². The highest BCUT2D eigenvalue weighted by molar-refractivity contribution is 14.1. The van der Waals surface area contributed by atoms with Gasteiger partial charge in [0.1, 0.15) is 11.5 Å². The molecule has 1 aromatic heterocycles. The molecule has 2 nitrogen and oxygen atoms in total. The van der Waals surface area contributed by atoms with Gasteiger partial charge in [-0.2, -0.15) is 0 Å². The second-order valence-electron chi connectivity index (χ2n) is 4.81. The van der Waals surface area contributed by atoms with Gasteiger partial charge in [0.2, 0.25) is 0 Å². The van der Waals surface area contributed by atoms with E-state index < -0.39 is 0 Å². The number of rotatable bonds is 5. The maximum absolute atomic E-state index is 5.66. The normalized spacial score (nSPS) is 12.6. The van der Waals surface area contributed by atoms with E-state index in [9.17, 15) is 0 Å². The molecule has 0 saturated heterocycles. The van der Waals surface area contributed by atoms with Crippen molar-refractivity contribution in [3.05, 3.63) is 56.5 Å².